The lowest BCUT2D eigenvalue weighted by molar-refractivity contribution is -0.142. The summed E-state index contributed by atoms with van der Waals surface area (Å²) in [6.45, 7) is 0.150. The van der Waals surface area contributed by atoms with Crippen LogP contribution in [0.5, 0.6) is 0 Å². The third kappa shape index (κ3) is 2.63. The Morgan fingerprint density at radius 3 is 2.82 bits per heavy atom. The summed E-state index contributed by atoms with van der Waals surface area (Å²) in [5, 5.41) is 0. The number of ketones is 1. The molecule has 0 saturated carbocycles. The van der Waals surface area contributed by atoms with Crippen molar-refractivity contribution in [2.45, 2.75) is 25.1 Å². The number of aromatic nitrogens is 1. The predicted octanol–water partition coefficient (Wildman–Crippen LogP) is 2.52. The highest BCUT2D eigenvalue weighted by molar-refractivity contribution is 5.79. The summed E-state index contributed by atoms with van der Waals surface area (Å²) in [4.78, 5) is 14.9. The Bertz CT molecular complexity index is 431. The van der Waals surface area contributed by atoms with Crippen LogP contribution >= 0.6 is 0 Å². The molecule has 6 heteroatoms. The number of Topliss-reactive ketones (excluding diaryl/α,β-unsaturated/α-hetero) is 1. The molecule has 0 spiro atoms. The number of carbonyl (C=O) groups is 1. The first-order chi connectivity index (χ1) is 7.98. The van der Waals surface area contributed by atoms with Crippen LogP contribution in [-0.4, -0.2) is 17.4 Å². The molecule has 0 aromatic carbocycles. The smallest absolute Gasteiger partial charge is 0.371 e. The van der Waals surface area contributed by atoms with Crippen LogP contribution in [0.4, 0.5) is 13.2 Å². The van der Waals surface area contributed by atoms with Gasteiger partial charge in [-0.1, -0.05) is 0 Å². The van der Waals surface area contributed by atoms with Crippen LogP contribution in [0.25, 0.3) is 0 Å². The maximum Gasteiger partial charge on any atom is 0.418 e. The highest BCUT2D eigenvalue weighted by Crippen LogP contribution is 2.36. The quantitative estimate of drug-likeness (QED) is 0.763. The summed E-state index contributed by atoms with van der Waals surface area (Å²) < 4.78 is 43.3. The van der Waals surface area contributed by atoms with Gasteiger partial charge in [0.15, 0.2) is 0 Å². The van der Waals surface area contributed by atoms with E-state index in [1.54, 1.807) is 0 Å². The Kier molecular flexibility index (Phi) is 3.15. The van der Waals surface area contributed by atoms with Gasteiger partial charge in [-0.3, -0.25) is 9.78 Å². The van der Waals surface area contributed by atoms with Gasteiger partial charge in [0.05, 0.1) is 17.9 Å². The fourth-order valence-corrected chi connectivity index (χ4v) is 1.77. The van der Waals surface area contributed by atoms with Gasteiger partial charge in [-0.2, -0.15) is 13.2 Å². The number of alkyl halides is 3. The minimum absolute atomic E-state index is 0.0416. The highest BCUT2D eigenvalue weighted by atomic mass is 19.4. The van der Waals surface area contributed by atoms with E-state index in [1.165, 1.54) is 12.3 Å². The van der Waals surface area contributed by atoms with Gasteiger partial charge in [-0.25, -0.2) is 0 Å². The van der Waals surface area contributed by atoms with E-state index in [1.807, 2.05) is 0 Å². The second kappa shape index (κ2) is 4.44. The van der Waals surface area contributed by atoms with Crippen molar-refractivity contribution in [3.05, 3.63) is 29.6 Å². The molecule has 0 N–H and O–H groups in total. The van der Waals surface area contributed by atoms with Crippen molar-refractivity contribution >= 4 is 5.78 Å². The number of hydrogen-bond donors (Lipinski definition) is 0. The average Bonchev–Trinajstić information content (AvgIpc) is 2.28. The summed E-state index contributed by atoms with van der Waals surface area (Å²) in [6, 6.07) is 2.17. The lowest BCUT2D eigenvalue weighted by Crippen LogP contribution is -2.23. The van der Waals surface area contributed by atoms with E-state index in [-0.39, 0.29) is 30.9 Å². The Labute approximate surface area is 95.6 Å². The average molecular weight is 245 g/mol. The standard InChI is InChI=1S/C11H10F3NO2/c12-11(13,14)8-2-1-4-15-10(8)9-6-7(16)3-5-17-9/h1-2,4,9H,3,5-6H2. The van der Waals surface area contributed by atoms with Gasteiger partial charge in [0.2, 0.25) is 0 Å². The van der Waals surface area contributed by atoms with Crippen molar-refractivity contribution in [1.29, 1.82) is 0 Å². The zero-order valence-corrected chi connectivity index (χ0v) is 8.83. The molecule has 0 amide bonds. The summed E-state index contributed by atoms with van der Waals surface area (Å²) in [6.07, 6.45) is -3.88. The second-order valence-electron chi connectivity index (χ2n) is 3.79. The van der Waals surface area contributed by atoms with E-state index in [0.717, 1.165) is 6.07 Å². The van der Waals surface area contributed by atoms with Crippen molar-refractivity contribution < 1.29 is 22.7 Å². The monoisotopic (exact) mass is 245 g/mol. The van der Waals surface area contributed by atoms with Gasteiger partial charge >= 0.3 is 6.18 Å². The first-order valence-corrected chi connectivity index (χ1v) is 5.14. The van der Waals surface area contributed by atoms with Crippen molar-refractivity contribution in [3.63, 3.8) is 0 Å². The molecule has 17 heavy (non-hydrogen) atoms. The molecule has 1 aliphatic rings. The first-order valence-electron chi connectivity index (χ1n) is 5.14. The fraction of sp³-hybridized carbons (Fsp3) is 0.455. The van der Waals surface area contributed by atoms with Crippen LogP contribution in [0, 0.1) is 0 Å². The number of hydrogen-bond acceptors (Lipinski definition) is 3. The maximum atomic E-state index is 12.7. The number of halogens is 3. The minimum Gasteiger partial charge on any atom is -0.371 e. The normalized spacial score (nSPS) is 21.6. The SMILES string of the molecule is O=C1CCOC(c2ncccc2C(F)(F)F)C1. The van der Waals surface area contributed by atoms with Gasteiger partial charge in [-0.15, -0.1) is 0 Å². The van der Waals surface area contributed by atoms with Crippen molar-refractivity contribution in [3.8, 4) is 0 Å². The van der Waals surface area contributed by atoms with E-state index < -0.39 is 17.8 Å². The topological polar surface area (TPSA) is 39.2 Å². The molecule has 1 unspecified atom stereocenters. The first kappa shape index (κ1) is 12.0. The van der Waals surface area contributed by atoms with E-state index in [2.05, 4.69) is 4.98 Å². The lowest BCUT2D eigenvalue weighted by atomic mass is 10.0. The molecule has 2 heterocycles. The van der Waals surface area contributed by atoms with Crippen molar-refractivity contribution in [1.82, 2.24) is 4.98 Å². The van der Waals surface area contributed by atoms with Gasteiger partial charge in [0.25, 0.3) is 0 Å². The number of rotatable bonds is 1. The largest absolute Gasteiger partial charge is 0.418 e. The molecule has 1 saturated heterocycles. The Morgan fingerprint density at radius 2 is 2.18 bits per heavy atom. The minimum atomic E-state index is -4.48. The molecule has 2 rings (SSSR count). The van der Waals surface area contributed by atoms with Crippen LogP contribution in [0.15, 0.2) is 18.3 Å². The Balaban J connectivity index is 2.34. The van der Waals surface area contributed by atoms with Gasteiger partial charge in [0, 0.05) is 19.0 Å². The molecule has 1 fully saturated rings. The number of pyridine rings is 1. The second-order valence-corrected chi connectivity index (χ2v) is 3.79. The Hall–Kier alpha value is -1.43. The van der Waals surface area contributed by atoms with Crippen LogP contribution < -0.4 is 0 Å². The molecular formula is C11H10F3NO2. The van der Waals surface area contributed by atoms with Crippen molar-refractivity contribution in [2.24, 2.45) is 0 Å². The van der Waals surface area contributed by atoms with E-state index in [0.29, 0.717) is 0 Å². The third-order valence-corrected chi connectivity index (χ3v) is 2.56. The molecule has 0 bridgehead atoms. The highest BCUT2D eigenvalue weighted by Gasteiger charge is 2.37. The van der Waals surface area contributed by atoms with Gasteiger partial charge < -0.3 is 4.74 Å². The molecular weight excluding hydrogens is 235 g/mol. The number of nitrogens with zero attached hydrogens (tertiary/aromatic N) is 1. The molecule has 1 aliphatic heterocycles. The lowest BCUT2D eigenvalue weighted by Gasteiger charge is -2.23. The molecule has 0 aliphatic carbocycles. The fourth-order valence-electron chi connectivity index (χ4n) is 1.77. The van der Waals surface area contributed by atoms with Gasteiger partial charge in [-0.05, 0) is 12.1 Å². The van der Waals surface area contributed by atoms with Crippen LogP contribution in [0.1, 0.15) is 30.2 Å². The summed E-state index contributed by atoms with van der Waals surface area (Å²) in [5.74, 6) is -0.0972. The van der Waals surface area contributed by atoms with Crippen molar-refractivity contribution in [2.75, 3.05) is 6.61 Å². The third-order valence-electron chi connectivity index (χ3n) is 2.56. The molecule has 3 nitrogen and oxygen atoms in total. The Morgan fingerprint density at radius 1 is 1.41 bits per heavy atom. The summed E-state index contributed by atoms with van der Waals surface area (Å²) >= 11 is 0. The molecule has 1 aromatic heterocycles. The maximum absolute atomic E-state index is 12.7. The van der Waals surface area contributed by atoms with Crippen LogP contribution in [0.3, 0.4) is 0 Å². The van der Waals surface area contributed by atoms with Gasteiger partial charge in [0.1, 0.15) is 11.9 Å². The predicted molar refractivity (Wildman–Crippen MR) is 52.2 cm³/mol. The summed E-state index contributed by atoms with van der Waals surface area (Å²) in [5.41, 5.74) is -1.03. The zero-order valence-electron chi connectivity index (χ0n) is 8.83. The molecule has 0 radical (unpaired) electrons. The van der Waals surface area contributed by atoms with E-state index in [4.69, 9.17) is 4.74 Å². The summed E-state index contributed by atoms with van der Waals surface area (Å²) in [7, 11) is 0. The van der Waals surface area contributed by atoms with E-state index in [9.17, 15) is 18.0 Å². The molecule has 1 aromatic rings. The molecule has 92 valence electrons. The number of carbonyl (C=O) groups excluding carboxylic acids is 1. The van der Waals surface area contributed by atoms with Crippen LogP contribution in [0.2, 0.25) is 0 Å². The zero-order chi connectivity index (χ0) is 12.5. The van der Waals surface area contributed by atoms with Crippen LogP contribution in [-0.2, 0) is 15.7 Å². The molecule has 1 atom stereocenters. The van der Waals surface area contributed by atoms with E-state index >= 15 is 0 Å². The number of ether oxygens (including phenoxy) is 1.